The van der Waals surface area contributed by atoms with Gasteiger partial charge in [0.2, 0.25) is 0 Å². The molecular weight excluding hydrogens is 323 g/mol. The number of amides is 1. The van der Waals surface area contributed by atoms with Gasteiger partial charge in [0, 0.05) is 17.6 Å². The predicted octanol–water partition coefficient (Wildman–Crippen LogP) is -0.416. The monoisotopic (exact) mass is 336 g/mol. The van der Waals surface area contributed by atoms with Gasteiger partial charge < -0.3 is 25.2 Å². The number of halogens is 2. The Hall–Kier alpha value is -0.960. The number of nitrogens with one attached hydrogen (secondary N) is 1. The lowest BCUT2D eigenvalue weighted by molar-refractivity contribution is -0.126. The predicted molar refractivity (Wildman–Crippen MR) is 67.6 cm³/mol. The van der Waals surface area contributed by atoms with Gasteiger partial charge in [0.05, 0.1) is 6.61 Å². The molecule has 0 spiro atoms. The Bertz CT molecular complexity index is 427. The average Bonchev–Trinajstić information content (AvgIpc) is 2.64. The fourth-order valence-electron chi connectivity index (χ4n) is 2.04. The van der Waals surface area contributed by atoms with Gasteiger partial charge in [-0.3, -0.25) is 4.79 Å². The molecule has 8 heteroatoms. The van der Waals surface area contributed by atoms with Crippen LogP contribution in [0, 0.1) is 0 Å². The Morgan fingerprint density at radius 1 is 1.68 bits per heavy atom. The first-order valence-corrected chi connectivity index (χ1v) is 6.70. The van der Waals surface area contributed by atoms with Crippen molar-refractivity contribution in [2.45, 2.75) is 24.1 Å². The smallest absolute Gasteiger partial charge is 0.250 e. The number of hydrogen-bond donors (Lipinski definition) is 3. The van der Waals surface area contributed by atoms with Crippen molar-refractivity contribution in [3.05, 3.63) is 24.7 Å². The van der Waals surface area contributed by atoms with E-state index >= 15 is 0 Å². The number of carbonyl (C=O) groups is 1. The summed E-state index contributed by atoms with van der Waals surface area (Å²) in [6, 6.07) is 0. The van der Waals surface area contributed by atoms with Crippen molar-refractivity contribution in [2.24, 2.45) is 0 Å². The second-order valence-corrected chi connectivity index (χ2v) is 4.97. The van der Waals surface area contributed by atoms with E-state index in [4.69, 9.17) is 4.74 Å². The molecule has 0 aliphatic carbocycles. The second kappa shape index (κ2) is 5.20. The van der Waals surface area contributed by atoms with Crippen molar-refractivity contribution in [1.29, 1.82) is 0 Å². The minimum absolute atomic E-state index is 0.0744. The summed E-state index contributed by atoms with van der Waals surface area (Å²) in [6.45, 7) is 3.05. The Labute approximate surface area is 117 Å². The fourth-order valence-corrected chi connectivity index (χ4v) is 2.68. The van der Waals surface area contributed by atoms with Crippen LogP contribution >= 0.6 is 15.9 Å². The summed E-state index contributed by atoms with van der Waals surface area (Å²) in [7, 11) is 0. The zero-order valence-electron chi connectivity index (χ0n) is 9.92. The summed E-state index contributed by atoms with van der Waals surface area (Å²) in [6.07, 6.45) is -1.87. The van der Waals surface area contributed by atoms with Gasteiger partial charge in [0.25, 0.3) is 5.91 Å². The number of aliphatic hydroxyl groups is 2. The molecule has 0 aromatic rings. The van der Waals surface area contributed by atoms with E-state index in [0.29, 0.717) is 0 Å². The molecular formula is C11H14BrFN2O4. The van der Waals surface area contributed by atoms with Gasteiger partial charge in [-0.05, 0) is 0 Å². The summed E-state index contributed by atoms with van der Waals surface area (Å²) >= 11 is 3.10. The molecule has 6 nitrogen and oxygen atoms in total. The molecule has 2 heterocycles. The molecule has 0 aromatic heterocycles. The summed E-state index contributed by atoms with van der Waals surface area (Å²) in [5.41, 5.74) is -1.42. The van der Waals surface area contributed by atoms with E-state index in [9.17, 15) is 19.4 Å². The van der Waals surface area contributed by atoms with Gasteiger partial charge in [-0.2, -0.15) is 0 Å². The van der Waals surface area contributed by atoms with Crippen LogP contribution in [0.2, 0.25) is 0 Å². The highest BCUT2D eigenvalue weighted by atomic mass is 79.9. The van der Waals surface area contributed by atoms with E-state index in [2.05, 4.69) is 27.8 Å². The molecule has 0 unspecified atom stereocenters. The Balaban J connectivity index is 2.25. The lowest BCUT2D eigenvalue weighted by Crippen LogP contribution is -2.47. The lowest BCUT2D eigenvalue weighted by Gasteiger charge is -2.33. The Morgan fingerprint density at radius 2 is 2.37 bits per heavy atom. The first-order chi connectivity index (χ1) is 8.95. The van der Waals surface area contributed by atoms with Crippen LogP contribution in [-0.4, -0.2) is 57.1 Å². The van der Waals surface area contributed by atoms with E-state index in [1.807, 2.05) is 0 Å². The van der Waals surface area contributed by atoms with E-state index in [-0.39, 0.29) is 17.1 Å². The molecule has 2 rings (SSSR count). The van der Waals surface area contributed by atoms with Gasteiger partial charge in [-0.25, -0.2) is 4.39 Å². The summed E-state index contributed by atoms with van der Waals surface area (Å²) in [5.74, 6) is -0.222. The lowest BCUT2D eigenvalue weighted by atomic mass is 9.99. The number of ether oxygens (including phenoxy) is 1. The molecule has 19 heavy (non-hydrogen) atoms. The fraction of sp³-hybridized carbons (Fsp3) is 0.545. The maximum atomic E-state index is 14.2. The van der Waals surface area contributed by atoms with Crippen molar-refractivity contribution >= 4 is 21.8 Å². The zero-order chi connectivity index (χ0) is 14.2. The van der Waals surface area contributed by atoms with Crippen LogP contribution < -0.4 is 5.32 Å². The average molecular weight is 337 g/mol. The van der Waals surface area contributed by atoms with Crippen LogP contribution in [0.4, 0.5) is 4.39 Å². The topological polar surface area (TPSA) is 82.0 Å². The maximum absolute atomic E-state index is 14.2. The van der Waals surface area contributed by atoms with Crippen LogP contribution in [0.3, 0.4) is 0 Å². The van der Waals surface area contributed by atoms with Gasteiger partial charge in [0.15, 0.2) is 12.4 Å². The van der Waals surface area contributed by atoms with E-state index < -0.39 is 30.7 Å². The first kappa shape index (κ1) is 14.4. The van der Waals surface area contributed by atoms with Gasteiger partial charge >= 0.3 is 0 Å². The maximum Gasteiger partial charge on any atom is 0.250 e. The number of nitrogens with zero attached hydrogens (tertiary/aromatic N) is 1. The standard InChI is InChI=1S/C11H14BrFN2O4/c1-6-14-7(17)2-3-15(6)10-8(13)9(18)11(4-12,5-16)19-10/h2-3,8-10,16,18H,1,4-5H2,(H,14,17)/t8-,9-,10+,11+/m0/s1. The third-order valence-electron chi connectivity index (χ3n) is 3.20. The number of rotatable bonds is 3. The van der Waals surface area contributed by atoms with Crippen molar-refractivity contribution in [1.82, 2.24) is 10.2 Å². The molecule has 1 fully saturated rings. The van der Waals surface area contributed by atoms with Crippen LogP contribution in [-0.2, 0) is 9.53 Å². The highest BCUT2D eigenvalue weighted by Gasteiger charge is 2.56. The third-order valence-corrected chi connectivity index (χ3v) is 4.15. The molecule has 3 N–H and O–H groups in total. The minimum atomic E-state index is -1.75. The molecule has 2 aliphatic rings. The van der Waals surface area contributed by atoms with Gasteiger partial charge in [-0.1, -0.05) is 22.5 Å². The molecule has 1 saturated heterocycles. The quantitative estimate of drug-likeness (QED) is 0.610. The van der Waals surface area contributed by atoms with E-state index in [1.165, 1.54) is 17.2 Å². The molecule has 0 aromatic carbocycles. The Kier molecular flexibility index (Phi) is 3.95. The number of aliphatic hydroxyl groups excluding tert-OH is 2. The van der Waals surface area contributed by atoms with Crippen molar-refractivity contribution in [3.63, 3.8) is 0 Å². The first-order valence-electron chi connectivity index (χ1n) is 5.58. The van der Waals surface area contributed by atoms with E-state index in [0.717, 1.165) is 0 Å². The number of carbonyl (C=O) groups excluding carboxylic acids is 1. The van der Waals surface area contributed by atoms with Crippen molar-refractivity contribution in [2.75, 3.05) is 11.9 Å². The summed E-state index contributed by atoms with van der Waals surface area (Å²) < 4.78 is 19.6. The zero-order valence-corrected chi connectivity index (χ0v) is 11.5. The highest BCUT2D eigenvalue weighted by molar-refractivity contribution is 9.09. The van der Waals surface area contributed by atoms with Gasteiger partial charge in [0.1, 0.15) is 17.5 Å². The molecule has 2 aliphatic heterocycles. The van der Waals surface area contributed by atoms with Crippen molar-refractivity contribution < 1.29 is 24.1 Å². The largest absolute Gasteiger partial charge is 0.393 e. The van der Waals surface area contributed by atoms with Crippen LogP contribution in [0.15, 0.2) is 24.7 Å². The molecule has 4 atom stereocenters. The van der Waals surface area contributed by atoms with Crippen LogP contribution in [0.25, 0.3) is 0 Å². The summed E-state index contributed by atoms with van der Waals surface area (Å²) in [4.78, 5) is 12.4. The number of alkyl halides is 2. The Morgan fingerprint density at radius 3 is 2.84 bits per heavy atom. The molecule has 0 radical (unpaired) electrons. The second-order valence-electron chi connectivity index (χ2n) is 4.41. The number of hydrogen-bond acceptors (Lipinski definition) is 5. The van der Waals surface area contributed by atoms with E-state index in [1.54, 1.807) is 0 Å². The molecule has 1 amide bonds. The van der Waals surface area contributed by atoms with Crippen LogP contribution in [0.5, 0.6) is 0 Å². The highest BCUT2D eigenvalue weighted by Crippen LogP contribution is 2.37. The third kappa shape index (κ3) is 2.29. The van der Waals surface area contributed by atoms with Gasteiger partial charge in [-0.15, -0.1) is 0 Å². The minimum Gasteiger partial charge on any atom is -0.393 e. The molecule has 0 saturated carbocycles. The van der Waals surface area contributed by atoms with Crippen molar-refractivity contribution in [3.8, 4) is 0 Å². The summed E-state index contributed by atoms with van der Waals surface area (Å²) in [5, 5.41) is 21.7. The normalized spacial score (nSPS) is 38.7. The van der Waals surface area contributed by atoms with Crippen LogP contribution in [0.1, 0.15) is 0 Å². The molecule has 0 bridgehead atoms. The SMILES string of the molecule is C=C1NC(=O)C=CN1[C@@H]1O[C@@](CO)(CBr)[C@@H](O)[C@@H]1F. The molecule has 106 valence electrons.